The number of benzene rings is 1. The topological polar surface area (TPSA) is 94.6 Å². The number of carbonyl (C=O) groups is 1. The van der Waals surface area contributed by atoms with E-state index in [9.17, 15) is 4.79 Å². The fraction of sp³-hybridized carbons (Fsp3) is 0.318. The van der Waals surface area contributed by atoms with E-state index in [0.29, 0.717) is 24.9 Å². The van der Waals surface area contributed by atoms with Crippen molar-refractivity contribution in [3.63, 3.8) is 0 Å². The van der Waals surface area contributed by atoms with Gasteiger partial charge in [0.2, 0.25) is 5.95 Å². The number of aromatic nitrogens is 2. The number of rotatable bonds is 7. The van der Waals surface area contributed by atoms with E-state index in [4.69, 9.17) is 14.2 Å². The molecule has 2 aliphatic heterocycles. The average molecular weight is 439 g/mol. The molecule has 2 fully saturated rings. The maximum atomic E-state index is 12.3. The van der Waals surface area contributed by atoms with Gasteiger partial charge in [0.25, 0.3) is 5.91 Å². The number of amides is 1. The van der Waals surface area contributed by atoms with E-state index < -0.39 is 0 Å². The summed E-state index contributed by atoms with van der Waals surface area (Å²) in [5, 5.41) is 8.31. The van der Waals surface area contributed by atoms with Gasteiger partial charge in [0.1, 0.15) is 18.0 Å². The zero-order chi connectivity index (χ0) is 21.0. The maximum Gasteiger partial charge on any atom is 0.258 e. The van der Waals surface area contributed by atoms with Gasteiger partial charge >= 0.3 is 0 Å². The molecule has 3 aromatic rings. The number of fused-ring (bicyclic) bond motifs is 1. The largest absolute Gasteiger partial charge is 0.484 e. The third-order valence-corrected chi connectivity index (χ3v) is 6.15. The normalized spacial score (nSPS) is 24.5. The number of hydrogen-bond acceptors (Lipinski definition) is 8. The van der Waals surface area contributed by atoms with Crippen molar-refractivity contribution in [2.24, 2.45) is 0 Å². The molecular formula is C22H22N4O4S. The van der Waals surface area contributed by atoms with Gasteiger partial charge in [-0.15, -0.1) is 11.3 Å². The molecule has 2 aromatic heterocycles. The lowest BCUT2D eigenvalue weighted by Crippen LogP contribution is -2.46. The van der Waals surface area contributed by atoms with E-state index in [2.05, 4.69) is 20.6 Å². The first-order valence-corrected chi connectivity index (χ1v) is 11.0. The molecule has 1 amide bonds. The molecule has 2 aliphatic rings. The minimum Gasteiger partial charge on any atom is -0.484 e. The van der Waals surface area contributed by atoms with Crippen molar-refractivity contribution in [2.75, 3.05) is 25.1 Å². The highest BCUT2D eigenvalue weighted by Crippen LogP contribution is 2.29. The van der Waals surface area contributed by atoms with Gasteiger partial charge in [-0.2, -0.15) is 0 Å². The Morgan fingerprint density at radius 2 is 1.87 bits per heavy atom. The summed E-state index contributed by atoms with van der Waals surface area (Å²) in [7, 11) is 0. The minimum absolute atomic E-state index is 0.0526. The summed E-state index contributed by atoms with van der Waals surface area (Å²) in [6, 6.07) is 14.9. The van der Waals surface area contributed by atoms with Crippen LogP contribution in [0.15, 0.2) is 60.1 Å². The van der Waals surface area contributed by atoms with Crippen LogP contribution in [0.2, 0.25) is 0 Å². The van der Waals surface area contributed by atoms with Gasteiger partial charge in [-0.3, -0.25) is 4.79 Å². The molecule has 4 heterocycles. The number of thiophene rings is 1. The van der Waals surface area contributed by atoms with Crippen LogP contribution in [-0.2, 0) is 14.3 Å². The van der Waals surface area contributed by atoms with E-state index in [-0.39, 0.29) is 36.8 Å². The first-order chi connectivity index (χ1) is 15.3. The Labute approximate surface area is 183 Å². The highest BCUT2D eigenvalue weighted by Gasteiger charge is 2.48. The fourth-order valence-electron chi connectivity index (χ4n) is 3.82. The fourth-order valence-corrected chi connectivity index (χ4v) is 4.51. The molecule has 2 saturated heterocycles. The standard InChI is InChI=1S/C22H22N4O4S/c27-19(13-28-14-5-2-1-3-6-14)24-16-11-29-21-17(12-30-20(16)21)26-22-23-9-8-15(25-22)18-7-4-10-31-18/h1-10,16-17,20-21H,11-13H2,(H,24,27)(H,23,25,26)/t16-,17+,20-,21+/m1/s1. The SMILES string of the molecule is O=C(COc1ccccc1)N[C@@H]1CO[C@@H]2[C@@H]1OC[C@@H]2Nc1nccc(-c2cccs2)n1. The molecule has 0 unspecified atom stereocenters. The lowest BCUT2D eigenvalue weighted by Gasteiger charge is -2.18. The summed E-state index contributed by atoms with van der Waals surface area (Å²) >= 11 is 1.63. The minimum atomic E-state index is -0.223. The molecule has 160 valence electrons. The molecule has 0 saturated carbocycles. The highest BCUT2D eigenvalue weighted by atomic mass is 32.1. The second kappa shape index (κ2) is 9.01. The predicted molar refractivity (Wildman–Crippen MR) is 116 cm³/mol. The number of nitrogens with one attached hydrogen (secondary N) is 2. The van der Waals surface area contributed by atoms with Gasteiger partial charge in [-0.1, -0.05) is 24.3 Å². The van der Waals surface area contributed by atoms with E-state index in [1.54, 1.807) is 17.5 Å². The van der Waals surface area contributed by atoms with Gasteiger partial charge in [-0.05, 0) is 29.6 Å². The molecule has 4 atom stereocenters. The van der Waals surface area contributed by atoms with Gasteiger partial charge in [-0.25, -0.2) is 9.97 Å². The third kappa shape index (κ3) is 4.53. The Balaban J connectivity index is 1.16. The Hall–Kier alpha value is -3.01. The molecule has 0 bridgehead atoms. The summed E-state index contributed by atoms with van der Waals surface area (Å²) in [6.07, 6.45) is 1.33. The molecule has 1 aromatic carbocycles. The highest BCUT2D eigenvalue weighted by molar-refractivity contribution is 7.13. The first kappa shape index (κ1) is 19.9. The second-order valence-electron chi connectivity index (χ2n) is 7.37. The molecule has 0 spiro atoms. The van der Waals surface area contributed by atoms with Crippen molar-refractivity contribution >= 4 is 23.2 Å². The number of hydrogen-bond donors (Lipinski definition) is 2. The van der Waals surface area contributed by atoms with Crippen LogP contribution >= 0.6 is 11.3 Å². The Morgan fingerprint density at radius 3 is 2.68 bits per heavy atom. The van der Waals surface area contributed by atoms with Crippen molar-refractivity contribution in [1.82, 2.24) is 15.3 Å². The van der Waals surface area contributed by atoms with Crippen molar-refractivity contribution in [3.05, 3.63) is 60.1 Å². The Kier molecular flexibility index (Phi) is 5.79. The first-order valence-electron chi connectivity index (χ1n) is 10.1. The number of carbonyl (C=O) groups excluding carboxylic acids is 1. The molecule has 8 nitrogen and oxygen atoms in total. The number of anilines is 1. The van der Waals surface area contributed by atoms with Crippen molar-refractivity contribution in [2.45, 2.75) is 24.3 Å². The molecular weight excluding hydrogens is 416 g/mol. The molecule has 5 rings (SSSR count). The zero-order valence-electron chi connectivity index (χ0n) is 16.6. The molecule has 0 radical (unpaired) electrons. The van der Waals surface area contributed by atoms with Gasteiger partial charge in [0.15, 0.2) is 6.61 Å². The zero-order valence-corrected chi connectivity index (χ0v) is 17.5. The second-order valence-corrected chi connectivity index (χ2v) is 8.31. The Morgan fingerprint density at radius 1 is 1.06 bits per heavy atom. The van der Waals surface area contributed by atoms with E-state index in [1.807, 2.05) is 53.9 Å². The van der Waals surface area contributed by atoms with E-state index in [1.165, 1.54) is 0 Å². The lowest BCUT2D eigenvalue weighted by molar-refractivity contribution is -0.124. The maximum absolute atomic E-state index is 12.3. The van der Waals surface area contributed by atoms with E-state index in [0.717, 1.165) is 10.6 Å². The Bertz CT molecular complexity index is 1020. The van der Waals surface area contributed by atoms with Crippen molar-refractivity contribution < 1.29 is 19.0 Å². The summed E-state index contributed by atoms with van der Waals surface area (Å²) in [5.41, 5.74) is 0.874. The van der Waals surface area contributed by atoms with Crippen LogP contribution in [0, 0.1) is 0 Å². The van der Waals surface area contributed by atoms with Crippen LogP contribution in [0.1, 0.15) is 0 Å². The molecule has 9 heteroatoms. The lowest BCUT2D eigenvalue weighted by atomic mass is 10.1. The van der Waals surface area contributed by atoms with Crippen LogP contribution in [0.5, 0.6) is 5.75 Å². The molecule has 2 N–H and O–H groups in total. The van der Waals surface area contributed by atoms with Crippen molar-refractivity contribution in [1.29, 1.82) is 0 Å². The van der Waals surface area contributed by atoms with Crippen LogP contribution < -0.4 is 15.4 Å². The van der Waals surface area contributed by atoms with Crippen LogP contribution in [-0.4, -0.2) is 60.0 Å². The third-order valence-electron chi connectivity index (χ3n) is 5.26. The summed E-state index contributed by atoms with van der Waals surface area (Å²) < 4.78 is 17.4. The number of ether oxygens (including phenoxy) is 3. The number of nitrogens with zero attached hydrogens (tertiary/aromatic N) is 2. The molecule has 0 aliphatic carbocycles. The van der Waals surface area contributed by atoms with Crippen LogP contribution in [0.3, 0.4) is 0 Å². The van der Waals surface area contributed by atoms with Gasteiger partial charge in [0.05, 0.1) is 35.9 Å². The van der Waals surface area contributed by atoms with Gasteiger partial charge in [0, 0.05) is 6.20 Å². The van der Waals surface area contributed by atoms with Crippen molar-refractivity contribution in [3.8, 4) is 16.3 Å². The van der Waals surface area contributed by atoms with Crippen LogP contribution in [0.4, 0.5) is 5.95 Å². The predicted octanol–water partition coefficient (Wildman–Crippen LogP) is 2.35. The average Bonchev–Trinajstić information content (AvgIpc) is 3.54. The smallest absolute Gasteiger partial charge is 0.258 e. The van der Waals surface area contributed by atoms with E-state index >= 15 is 0 Å². The quantitative estimate of drug-likeness (QED) is 0.585. The summed E-state index contributed by atoms with van der Waals surface area (Å²) in [6.45, 7) is 0.790. The van der Waals surface area contributed by atoms with Gasteiger partial charge < -0.3 is 24.8 Å². The summed E-state index contributed by atoms with van der Waals surface area (Å²) in [5.74, 6) is 0.988. The number of para-hydroxylation sites is 1. The monoisotopic (exact) mass is 438 g/mol. The molecule has 31 heavy (non-hydrogen) atoms. The van der Waals surface area contributed by atoms with Crippen LogP contribution in [0.25, 0.3) is 10.6 Å². The summed E-state index contributed by atoms with van der Waals surface area (Å²) in [4.78, 5) is 22.3.